The van der Waals surface area contributed by atoms with Crippen molar-refractivity contribution >= 4 is 5.97 Å². The van der Waals surface area contributed by atoms with Crippen LogP contribution < -0.4 is 5.48 Å². The molecule has 4 fully saturated rings. The summed E-state index contributed by atoms with van der Waals surface area (Å²) in [6, 6.07) is 0. The molecule has 0 spiro atoms. The van der Waals surface area contributed by atoms with E-state index in [-0.39, 0.29) is 17.8 Å². The van der Waals surface area contributed by atoms with Crippen molar-refractivity contribution in [3.8, 4) is 0 Å². The normalized spacial score (nSPS) is 41.7. The predicted octanol–water partition coefficient (Wildman–Crippen LogP) is 4.49. The highest BCUT2D eigenvalue weighted by atomic mass is 16.7. The molecule has 0 aromatic carbocycles. The molecule has 1 saturated heterocycles. The maximum Gasteiger partial charge on any atom is 0.342 e. The Morgan fingerprint density at radius 1 is 1.25 bits per heavy atom. The van der Waals surface area contributed by atoms with E-state index in [0.29, 0.717) is 11.8 Å². The summed E-state index contributed by atoms with van der Waals surface area (Å²) in [7, 11) is 0. The van der Waals surface area contributed by atoms with Gasteiger partial charge in [-0.25, -0.2) is 10.3 Å². The molecule has 1 N–H and O–H groups in total. The van der Waals surface area contributed by atoms with E-state index >= 15 is 0 Å². The van der Waals surface area contributed by atoms with Gasteiger partial charge in [-0.15, -0.1) is 0 Å². The first kappa shape index (κ1) is 18.6. The Kier molecular flexibility index (Phi) is 4.37. The molecule has 0 aromatic rings. The van der Waals surface area contributed by atoms with Crippen LogP contribution in [0.1, 0.15) is 58.8 Å². The molecule has 6 unspecified atom stereocenters. The third kappa shape index (κ3) is 2.60. The van der Waals surface area contributed by atoms with Gasteiger partial charge >= 0.3 is 5.97 Å². The van der Waals surface area contributed by atoms with Crippen LogP contribution in [-0.4, -0.2) is 23.7 Å². The van der Waals surface area contributed by atoms with Gasteiger partial charge in [0.2, 0.25) is 0 Å². The highest BCUT2D eigenvalue weighted by Gasteiger charge is 2.67. The summed E-state index contributed by atoms with van der Waals surface area (Å²) in [5.41, 5.74) is 4.80. The van der Waals surface area contributed by atoms with Gasteiger partial charge < -0.3 is 4.74 Å². The molecule has 4 heteroatoms. The van der Waals surface area contributed by atoms with Crippen LogP contribution in [0.5, 0.6) is 0 Å². The average Bonchev–Trinajstić information content (AvgIpc) is 3.25. The van der Waals surface area contributed by atoms with Gasteiger partial charge in [-0.3, -0.25) is 4.84 Å². The zero-order chi connectivity index (χ0) is 19.5. The third-order valence-corrected chi connectivity index (χ3v) is 8.25. The van der Waals surface area contributed by atoms with Crippen molar-refractivity contribution in [3.05, 3.63) is 36.0 Å². The second-order valence-corrected chi connectivity index (χ2v) is 10.0. The lowest BCUT2D eigenvalue weighted by molar-refractivity contribution is -0.193. The number of fused-ring (bicyclic) bond motifs is 7. The predicted molar refractivity (Wildman–Crippen MR) is 108 cm³/mol. The van der Waals surface area contributed by atoms with Crippen molar-refractivity contribution in [3.63, 3.8) is 0 Å². The summed E-state index contributed by atoms with van der Waals surface area (Å²) < 4.78 is 5.89. The number of ether oxygens (including phenoxy) is 1. The van der Waals surface area contributed by atoms with Crippen LogP contribution in [-0.2, 0) is 14.4 Å². The number of rotatable bonds is 3. The molecule has 1 aliphatic heterocycles. The lowest BCUT2D eigenvalue weighted by Crippen LogP contribution is -2.52. The summed E-state index contributed by atoms with van der Waals surface area (Å²) in [5, 5.41) is 0. The summed E-state index contributed by atoms with van der Waals surface area (Å²) >= 11 is 0. The molecule has 3 saturated carbocycles. The maximum atomic E-state index is 13.4. The van der Waals surface area contributed by atoms with E-state index in [2.05, 4.69) is 24.2 Å². The number of nitrogens with one attached hydrogen (secondary N) is 1. The minimum absolute atomic E-state index is 0.187. The highest BCUT2D eigenvalue weighted by molar-refractivity contribution is 5.82. The Morgan fingerprint density at radius 2 is 2.11 bits per heavy atom. The molecule has 0 amide bonds. The van der Waals surface area contributed by atoms with Gasteiger partial charge in [0, 0.05) is 18.4 Å². The van der Waals surface area contributed by atoms with Gasteiger partial charge in [0.25, 0.3) is 0 Å². The molecule has 5 rings (SSSR count). The van der Waals surface area contributed by atoms with Crippen LogP contribution in [0.15, 0.2) is 36.0 Å². The van der Waals surface area contributed by atoms with Crippen molar-refractivity contribution in [1.82, 2.24) is 5.48 Å². The van der Waals surface area contributed by atoms with E-state index in [1.165, 1.54) is 32.1 Å². The van der Waals surface area contributed by atoms with Gasteiger partial charge in [0.05, 0.1) is 0 Å². The standard InChI is InChI=1S/C24H33NO3/c1-4-23(2,3)27-22(26)24-16(14-25-28-24)13-20-19-10-9-15-7-5-6-8-17(15)18(19)11-12-21(20)24/h4,9-10,16-18,20-21,25H,1,5-8,11-14H2,2-3H3. The molecule has 0 radical (unpaired) electrons. The second-order valence-electron chi connectivity index (χ2n) is 10.0. The van der Waals surface area contributed by atoms with Crippen molar-refractivity contribution in [2.45, 2.75) is 70.0 Å². The van der Waals surface area contributed by atoms with Gasteiger partial charge in [-0.1, -0.05) is 36.3 Å². The van der Waals surface area contributed by atoms with Gasteiger partial charge in [0.1, 0.15) is 5.60 Å². The zero-order valence-corrected chi connectivity index (χ0v) is 17.2. The maximum absolute atomic E-state index is 13.4. The van der Waals surface area contributed by atoms with Crippen LogP contribution in [0.2, 0.25) is 0 Å². The molecule has 6 atom stereocenters. The number of hydroxylamine groups is 1. The Balaban J connectivity index is 1.47. The Labute approximate surface area is 168 Å². The minimum atomic E-state index is -0.840. The van der Waals surface area contributed by atoms with Crippen LogP contribution in [0.4, 0.5) is 0 Å². The molecule has 5 aliphatic rings. The van der Waals surface area contributed by atoms with E-state index in [1.807, 2.05) is 13.8 Å². The number of esters is 1. The average molecular weight is 384 g/mol. The van der Waals surface area contributed by atoms with E-state index in [9.17, 15) is 4.79 Å². The lowest BCUT2D eigenvalue weighted by Gasteiger charge is -2.46. The van der Waals surface area contributed by atoms with Crippen molar-refractivity contribution < 1.29 is 14.4 Å². The highest BCUT2D eigenvalue weighted by Crippen LogP contribution is 2.61. The minimum Gasteiger partial charge on any atom is -0.453 e. The molecular weight excluding hydrogens is 350 g/mol. The van der Waals surface area contributed by atoms with E-state index in [0.717, 1.165) is 25.3 Å². The number of allylic oxidation sites excluding steroid dienone is 4. The van der Waals surface area contributed by atoms with E-state index in [1.54, 1.807) is 17.2 Å². The quantitative estimate of drug-likeness (QED) is 0.576. The van der Waals surface area contributed by atoms with Crippen LogP contribution in [0.25, 0.3) is 0 Å². The molecule has 1 heterocycles. The molecular formula is C24H33NO3. The zero-order valence-electron chi connectivity index (χ0n) is 17.2. The topological polar surface area (TPSA) is 47.6 Å². The number of hydrogen-bond acceptors (Lipinski definition) is 4. The molecule has 4 aliphatic carbocycles. The largest absolute Gasteiger partial charge is 0.453 e. The first-order valence-electron chi connectivity index (χ1n) is 11.1. The second kappa shape index (κ2) is 6.56. The number of hydrogen-bond donors (Lipinski definition) is 1. The Hall–Kier alpha value is -1.39. The summed E-state index contributed by atoms with van der Waals surface area (Å²) in [6.07, 6.45) is 15.1. The fourth-order valence-electron chi connectivity index (χ4n) is 6.82. The van der Waals surface area contributed by atoms with Crippen LogP contribution in [0.3, 0.4) is 0 Å². The van der Waals surface area contributed by atoms with Crippen LogP contribution >= 0.6 is 0 Å². The van der Waals surface area contributed by atoms with Crippen molar-refractivity contribution in [2.75, 3.05) is 6.54 Å². The van der Waals surface area contributed by atoms with Gasteiger partial charge in [0.15, 0.2) is 5.60 Å². The smallest absolute Gasteiger partial charge is 0.342 e. The molecule has 0 aromatic heterocycles. The van der Waals surface area contributed by atoms with Gasteiger partial charge in [-0.2, -0.15) is 0 Å². The van der Waals surface area contributed by atoms with Gasteiger partial charge in [-0.05, 0) is 76.2 Å². The first-order valence-corrected chi connectivity index (χ1v) is 11.1. The Bertz CT molecular complexity index is 751. The van der Waals surface area contributed by atoms with Crippen molar-refractivity contribution in [2.24, 2.45) is 29.6 Å². The third-order valence-electron chi connectivity index (χ3n) is 8.25. The number of carbonyl (C=O) groups excluding carboxylic acids is 1. The lowest BCUT2D eigenvalue weighted by atomic mass is 9.60. The SMILES string of the molecule is C=CC(C)(C)OC(=O)C12ONCC1CC1C3=CC=C4CCCCC4C3CCC12. The van der Waals surface area contributed by atoms with Crippen LogP contribution in [0, 0.1) is 29.6 Å². The summed E-state index contributed by atoms with van der Waals surface area (Å²) in [5.74, 6) is 2.07. The van der Waals surface area contributed by atoms with E-state index in [4.69, 9.17) is 9.57 Å². The molecule has 0 bridgehead atoms. The first-order chi connectivity index (χ1) is 13.5. The molecule has 4 nitrogen and oxygen atoms in total. The van der Waals surface area contributed by atoms with E-state index < -0.39 is 11.2 Å². The molecule has 28 heavy (non-hydrogen) atoms. The fourth-order valence-corrected chi connectivity index (χ4v) is 6.82. The Morgan fingerprint density at radius 3 is 2.93 bits per heavy atom. The summed E-state index contributed by atoms with van der Waals surface area (Å²) in [4.78, 5) is 19.5. The fraction of sp³-hybridized carbons (Fsp3) is 0.708. The van der Waals surface area contributed by atoms with Crippen molar-refractivity contribution in [1.29, 1.82) is 0 Å². The molecule has 152 valence electrons. The summed E-state index contributed by atoms with van der Waals surface area (Å²) in [6.45, 7) is 8.32. The monoisotopic (exact) mass is 383 g/mol. The number of carbonyl (C=O) groups is 1.